The van der Waals surface area contributed by atoms with Crippen LogP contribution in [-0.2, 0) is 0 Å². The minimum Gasteiger partial charge on any atom is -0.393 e. The Morgan fingerprint density at radius 2 is 2.45 bits per heavy atom. The monoisotopic (exact) mass is 161 g/mol. The molecule has 66 valence electrons. The maximum absolute atomic E-state index is 12.6. The molecule has 3 heteroatoms. The number of rotatable bonds is 3. The lowest BCUT2D eigenvalue weighted by Gasteiger charge is -2.23. The van der Waals surface area contributed by atoms with E-state index in [1.165, 1.54) is 0 Å². The minimum absolute atomic E-state index is 0.323. The van der Waals surface area contributed by atoms with Gasteiger partial charge in [0.15, 0.2) is 0 Å². The van der Waals surface area contributed by atoms with Gasteiger partial charge in [0.05, 0.1) is 6.61 Å². The standard InChI is InChI=1S/C8H16FNO/c9-8(6-11)4-7-2-1-3-10-5-7/h7-8,10-11H,1-6H2. The van der Waals surface area contributed by atoms with Gasteiger partial charge in [-0.1, -0.05) is 0 Å². The Labute approximate surface area is 66.8 Å². The number of hydrogen-bond acceptors (Lipinski definition) is 2. The van der Waals surface area contributed by atoms with Crippen LogP contribution in [0.25, 0.3) is 0 Å². The maximum Gasteiger partial charge on any atom is 0.123 e. The van der Waals surface area contributed by atoms with Crippen LogP contribution in [0, 0.1) is 5.92 Å². The highest BCUT2D eigenvalue weighted by molar-refractivity contribution is 4.71. The molecule has 2 N–H and O–H groups in total. The third-order valence-electron chi connectivity index (χ3n) is 2.19. The molecule has 0 spiro atoms. The molecule has 1 aliphatic rings. The second-order valence-corrected chi connectivity index (χ2v) is 3.23. The highest BCUT2D eigenvalue weighted by Gasteiger charge is 2.17. The van der Waals surface area contributed by atoms with Gasteiger partial charge in [-0.2, -0.15) is 0 Å². The highest BCUT2D eigenvalue weighted by Crippen LogP contribution is 2.17. The molecule has 0 radical (unpaired) electrons. The lowest BCUT2D eigenvalue weighted by molar-refractivity contribution is 0.145. The summed E-state index contributed by atoms with van der Waals surface area (Å²) in [6.07, 6.45) is 1.75. The molecule has 0 aliphatic carbocycles. The average molecular weight is 161 g/mol. The molecule has 0 aromatic heterocycles. The largest absolute Gasteiger partial charge is 0.393 e. The van der Waals surface area contributed by atoms with Gasteiger partial charge < -0.3 is 10.4 Å². The number of piperidine rings is 1. The fourth-order valence-electron chi connectivity index (χ4n) is 1.56. The Balaban J connectivity index is 2.13. The molecule has 1 heterocycles. The Bertz CT molecular complexity index is 104. The smallest absolute Gasteiger partial charge is 0.123 e. The van der Waals surface area contributed by atoms with Crippen LogP contribution in [0.2, 0.25) is 0 Å². The van der Waals surface area contributed by atoms with Gasteiger partial charge in [0.2, 0.25) is 0 Å². The van der Waals surface area contributed by atoms with Crippen LogP contribution in [-0.4, -0.2) is 31.0 Å². The molecule has 0 saturated carbocycles. The molecule has 0 amide bonds. The molecule has 1 saturated heterocycles. The Hall–Kier alpha value is -0.150. The highest BCUT2D eigenvalue weighted by atomic mass is 19.1. The first-order chi connectivity index (χ1) is 5.33. The number of halogens is 1. The van der Waals surface area contributed by atoms with Crippen molar-refractivity contribution in [1.29, 1.82) is 0 Å². The van der Waals surface area contributed by atoms with Crippen molar-refractivity contribution >= 4 is 0 Å². The van der Waals surface area contributed by atoms with Crippen LogP contribution in [0.15, 0.2) is 0 Å². The van der Waals surface area contributed by atoms with Crippen LogP contribution in [0.4, 0.5) is 4.39 Å². The van der Waals surface area contributed by atoms with Crippen molar-refractivity contribution in [2.45, 2.75) is 25.4 Å². The molecular weight excluding hydrogens is 145 g/mol. The first-order valence-corrected chi connectivity index (χ1v) is 4.28. The lowest BCUT2D eigenvalue weighted by atomic mass is 9.94. The molecule has 0 aromatic rings. The predicted molar refractivity (Wildman–Crippen MR) is 42.2 cm³/mol. The molecule has 0 aromatic carbocycles. The zero-order valence-corrected chi connectivity index (χ0v) is 6.72. The molecule has 2 nitrogen and oxygen atoms in total. The quantitative estimate of drug-likeness (QED) is 0.639. The van der Waals surface area contributed by atoms with E-state index in [4.69, 9.17) is 5.11 Å². The van der Waals surface area contributed by atoms with E-state index < -0.39 is 6.17 Å². The Kier molecular flexibility index (Phi) is 3.80. The topological polar surface area (TPSA) is 32.3 Å². The van der Waals surface area contributed by atoms with E-state index in [1.807, 2.05) is 0 Å². The average Bonchev–Trinajstić information content (AvgIpc) is 2.06. The summed E-state index contributed by atoms with van der Waals surface area (Å²) in [5, 5.41) is 11.7. The van der Waals surface area contributed by atoms with E-state index in [-0.39, 0.29) is 6.61 Å². The summed E-state index contributed by atoms with van der Waals surface area (Å²) in [5.41, 5.74) is 0. The number of nitrogens with one attached hydrogen (secondary N) is 1. The summed E-state index contributed by atoms with van der Waals surface area (Å²) in [5.74, 6) is 0.436. The van der Waals surface area contributed by atoms with E-state index in [0.717, 1.165) is 25.9 Å². The minimum atomic E-state index is -1.01. The van der Waals surface area contributed by atoms with Gasteiger partial charge in [-0.05, 0) is 38.3 Å². The summed E-state index contributed by atoms with van der Waals surface area (Å²) < 4.78 is 12.6. The number of aliphatic hydroxyl groups excluding tert-OH is 1. The third-order valence-corrected chi connectivity index (χ3v) is 2.19. The van der Waals surface area contributed by atoms with Crippen molar-refractivity contribution in [3.63, 3.8) is 0 Å². The Morgan fingerprint density at radius 1 is 1.64 bits per heavy atom. The van der Waals surface area contributed by atoms with Crippen molar-refractivity contribution in [1.82, 2.24) is 5.32 Å². The first-order valence-electron chi connectivity index (χ1n) is 4.28. The number of alkyl halides is 1. The van der Waals surface area contributed by atoms with Crippen molar-refractivity contribution in [2.75, 3.05) is 19.7 Å². The zero-order chi connectivity index (χ0) is 8.10. The van der Waals surface area contributed by atoms with Gasteiger partial charge in [-0.25, -0.2) is 4.39 Å². The third kappa shape index (κ3) is 3.16. The van der Waals surface area contributed by atoms with Gasteiger partial charge in [0.25, 0.3) is 0 Å². The van der Waals surface area contributed by atoms with Crippen LogP contribution in [0.1, 0.15) is 19.3 Å². The van der Waals surface area contributed by atoms with Crippen molar-refractivity contribution in [3.05, 3.63) is 0 Å². The molecule has 1 aliphatic heterocycles. The molecule has 2 atom stereocenters. The maximum atomic E-state index is 12.6. The van der Waals surface area contributed by atoms with Crippen molar-refractivity contribution in [3.8, 4) is 0 Å². The van der Waals surface area contributed by atoms with Crippen molar-refractivity contribution < 1.29 is 9.50 Å². The molecule has 1 rings (SSSR count). The summed E-state index contributed by atoms with van der Waals surface area (Å²) >= 11 is 0. The molecule has 0 bridgehead atoms. The van der Waals surface area contributed by atoms with Gasteiger partial charge in [0, 0.05) is 0 Å². The van der Waals surface area contributed by atoms with Gasteiger partial charge in [-0.15, -0.1) is 0 Å². The summed E-state index contributed by atoms with van der Waals surface area (Å²) in [4.78, 5) is 0. The van der Waals surface area contributed by atoms with Gasteiger partial charge in [0.1, 0.15) is 6.17 Å². The number of aliphatic hydroxyl groups is 1. The molecular formula is C8H16FNO. The lowest BCUT2D eigenvalue weighted by Crippen LogP contribution is -2.31. The predicted octanol–water partition coefficient (Wildman–Crippen LogP) is 0.706. The van der Waals surface area contributed by atoms with E-state index in [2.05, 4.69) is 5.32 Å². The number of hydrogen-bond donors (Lipinski definition) is 2. The van der Waals surface area contributed by atoms with E-state index in [0.29, 0.717) is 12.3 Å². The first kappa shape index (κ1) is 8.94. The van der Waals surface area contributed by atoms with E-state index in [9.17, 15) is 4.39 Å². The SMILES string of the molecule is OCC(F)CC1CCCNC1. The van der Waals surface area contributed by atoms with E-state index in [1.54, 1.807) is 0 Å². The molecule has 11 heavy (non-hydrogen) atoms. The molecule has 1 fully saturated rings. The zero-order valence-electron chi connectivity index (χ0n) is 6.72. The fraction of sp³-hybridized carbons (Fsp3) is 1.00. The van der Waals surface area contributed by atoms with Gasteiger partial charge >= 0.3 is 0 Å². The van der Waals surface area contributed by atoms with E-state index >= 15 is 0 Å². The van der Waals surface area contributed by atoms with Gasteiger partial charge in [-0.3, -0.25) is 0 Å². The second kappa shape index (κ2) is 4.67. The van der Waals surface area contributed by atoms with Crippen LogP contribution >= 0.6 is 0 Å². The van der Waals surface area contributed by atoms with Crippen molar-refractivity contribution in [2.24, 2.45) is 5.92 Å². The second-order valence-electron chi connectivity index (χ2n) is 3.23. The Morgan fingerprint density at radius 3 is 3.00 bits per heavy atom. The normalized spacial score (nSPS) is 28.4. The molecule has 2 unspecified atom stereocenters. The van der Waals surface area contributed by atoms with Crippen LogP contribution in [0.5, 0.6) is 0 Å². The summed E-state index contributed by atoms with van der Waals surface area (Å²) in [7, 11) is 0. The summed E-state index contributed by atoms with van der Waals surface area (Å²) in [6.45, 7) is 1.66. The van der Waals surface area contributed by atoms with Crippen LogP contribution in [0.3, 0.4) is 0 Å². The fourth-order valence-corrected chi connectivity index (χ4v) is 1.56. The van der Waals surface area contributed by atoms with Crippen LogP contribution < -0.4 is 5.32 Å². The summed E-state index contributed by atoms with van der Waals surface area (Å²) in [6, 6.07) is 0.